The van der Waals surface area contributed by atoms with Crippen LogP contribution in [0.4, 0.5) is 5.82 Å². The lowest BCUT2D eigenvalue weighted by Crippen LogP contribution is -2.27. The standard InChI is InChI=1S/C27H23N3S/c1-27(2,3)29-26-25(28-24-18-14-20-11-7-8-12-22(20)30(24)26)23-17-16-21(31-23)15-13-19-9-5-4-6-10-19/h4-12,14,16-18,29H,1-3H3. The van der Waals surface area contributed by atoms with Crippen molar-refractivity contribution in [2.24, 2.45) is 0 Å². The van der Waals surface area contributed by atoms with E-state index in [1.165, 1.54) is 5.39 Å². The van der Waals surface area contributed by atoms with Gasteiger partial charge < -0.3 is 5.32 Å². The van der Waals surface area contributed by atoms with Crippen molar-refractivity contribution in [2.75, 3.05) is 5.32 Å². The van der Waals surface area contributed by atoms with E-state index in [4.69, 9.17) is 4.98 Å². The lowest BCUT2D eigenvalue weighted by Gasteiger charge is -2.23. The Morgan fingerprint density at radius 3 is 2.42 bits per heavy atom. The van der Waals surface area contributed by atoms with Gasteiger partial charge in [0.15, 0.2) is 0 Å². The monoisotopic (exact) mass is 421 g/mol. The second kappa shape index (κ2) is 7.61. The second-order valence-electron chi connectivity index (χ2n) is 8.55. The topological polar surface area (TPSA) is 29.3 Å². The summed E-state index contributed by atoms with van der Waals surface area (Å²) in [4.78, 5) is 7.15. The minimum atomic E-state index is -0.102. The van der Waals surface area contributed by atoms with E-state index in [0.717, 1.165) is 38.0 Å². The molecular formula is C27H23N3S. The van der Waals surface area contributed by atoms with Gasteiger partial charge in [0, 0.05) is 11.1 Å². The number of anilines is 1. The predicted molar refractivity (Wildman–Crippen MR) is 132 cm³/mol. The van der Waals surface area contributed by atoms with E-state index in [1.807, 2.05) is 30.3 Å². The van der Waals surface area contributed by atoms with Crippen LogP contribution in [0.2, 0.25) is 0 Å². The molecule has 0 unspecified atom stereocenters. The summed E-state index contributed by atoms with van der Waals surface area (Å²) < 4.78 is 2.23. The Kier molecular flexibility index (Phi) is 4.77. The Bertz CT molecular complexity index is 1440. The summed E-state index contributed by atoms with van der Waals surface area (Å²) in [6.07, 6.45) is 0. The zero-order chi connectivity index (χ0) is 21.4. The van der Waals surface area contributed by atoms with Crippen molar-refractivity contribution in [3.8, 4) is 22.4 Å². The van der Waals surface area contributed by atoms with Crippen LogP contribution in [-0.2, 0) is 0 Å². The Hall–Kier alpha value is -3.55. The van der Waals surface area contributed by atoms with Gasteiger partial charge in [-0.2, -0.15) is 0 Å². The molecule has 0 bridgehead atoms. The molecule has 5 aromatic rings. The van der Waals surface area contributed by atoms with Crippen LogP contribution in [0.3, 0.4) is 0 Å². The first-order valence-electron chi connectivity index (χ1n) is 10.3. The quantitative estimate of drug-likeness (QED) is 0.317. The second-order valence-corrected chi connectivity index (χ2v) is 9.63. The number of aromatic nitrogens is 2. The molecule has 3 aromatic heterocycles. The Balaban J connectivity index is 1.65. The van der Waals surface area contributed by atoms with Gasteiger partial charge in [0.05, 0.1) is 15.3 Å². The largest absolute Gasteiger partial charge is 0.365 e. The summed E-state index contributed by atoms with van der Waals surface area (Å²) in [5, 5.41) is 4.89. The molecule has 1 N–H and O–H groups in total. The molecule has 0 aliphatic rings. The van der Waals surface area contributed by atoms with Crippen LogP contribution in [-0.4, -0.2) is 14.9 Å². The van der Waals surface area contributed by atoms with Gasteiger partial charge in [-0.15, -0.1) is 11.3 Å². The molecule has 2 aromatic carbocycles. The lowest BCUT2D eigenvalue weighted by atomic mass is 10.1. The zero-order valence-corrected chi connectivity index (χ0v) is 18.6. The van der Waals surface area contributed by atoms with Gasteiger partial charge in [-0.3, -0.25) is 4.40 Å². The number of rotatable bonds is 2. The van der Waals surface area contributed by atoms with Crippen LogP contribution in [0.1, 0.15) is 31.2 Å². The molecule has 0 spiro atoms. The number of nitrogens with one attached hydrogen (secondary N) is 1. The first-order chi connectivity index (χ1) is 15.0. The van der Waals surface area contributed by atoms with Crippen LogP contribution >= 0.6 is 11.3 Å². The molecule has 3 nitrogen and oxygen atoms in total. The molecule has 3 heterocycles. The third-order valence-electron chi connectivity index (χ3n) is 4.93. The van der Waals surface area contributed by atoms with Crippen molar-refractivity contribution in [3.05, 3.63) is 89.3 Å². The van der Waals surface area contributed by atoms with Crippen molar-refractivity contribution >= 4 is 33.7 Å². The van der Waals surface area contributed by atoms with E-state index in [0.29, 0.717) is 0 Å². The molecule has 0 aliphatic carbocycles. The highest BCUT2D eigenvalue weighted by atomic mass is 32.1. The van der Waals surface area contributed by atoms with Crippen molar-refractivity contribution in [3.63, 3.8) is 0 Å². The number of imidazole rings is 1. The minimum absolute atomic E-state index is 0.102. The van der Waals surface area contributed by atoms with Gasteiger partial charge >= 0.3 is 0 Å². The highest BCUT2D eigenvalue weighted by molar-refractivity contribution is 7.16. The van der Waals surface area contributed by atoms with Crippen LogP contribution in [0.15, 0.2) is 78.9 Å². The minimum Gasteiger partial charge on any atom is -0.365 e. The molecule has 0 amide bonds. The first-order valence-corrected chi connectivity index (χ1v) is 11.2. The Morgan fingerprint density at radius 1 is 0.839 bits per heavy atom. The van der Waals surface area contributed by atoms with Gasteiger partial charge in [0.2, 0.25) is 0 Å². The molecule has 4 heteroatoms. The smallest absolute Gasteiger partial charge is 0.140 e. The maximum atomic E-state index is 5.01. The van der Waals surface area contributed by atoms with Gasteiger partial charge in [0.25, 0.3) is 0 Å². The number of fused-ring (bicyclic) bond motifs is 3. The van der Waals surface area contributed by atoms with Gasteiger partial charge in [0.1, 0.15) is 17.2 Å². The van der Waals surface area contributed by atoms with E-state index in [-0.39, 0.29) is 5.54 Å². The molecule has 0 saturated carbocycles. The molecule has 5 rings (SSSR count). The van der Waals surface area contributed by atoms with Crippen LogP contribution < -0.4 is 5.32 Å². The highest BCUT2D eigenvalue weighted by Crippen LogP contribution is 2.36. The summed E-state index contributed by atoms with van der Waals surface area (Å²) >= 11 is 1.68. The summed E-state index contributed by atoms with van der Waals surface area (Å²) in [5.41, 5.74) is 3.96. The molecule has 0 radical (unpaired) electrons. The lowest BCUT2D eigenvalue weighted by molar-refractivity contribution is 0.630. The van der Waals surface area contributed by atoms with Crippen LogP contribution in [0.25, 0.3) is 27.1 Å². The normalized spacial score (nSPS) is 11.5. The first kappa shape index (κ1) is 19.4. The Morgan fingerprint density at radius 2 is 1.61 bits per heavy atom. The number of thiophene rings is 1. The molecule has 0 aliphatic heterocycles. The number of nitrogens with zero attached hydrogens (tertiary/aromatic N) is 2. The van der Waals surface area contributed by atoms with Crippen LogP contribution in [0, 0.1) is 11.8 Å². The summed E-state index contributed by atoms with van der Waals surface area (Å²) in [6, 6.07) is 26.9. The van der Waals surface area contributed by atoms with Crippen molar-refractivity contribution in [1.82, 2.24) is 9.38 Å². The molecule has 152 valence electrons. The van der Waals surface area contributed by atoms with E-state index < -0.39 is 0 Å². The molecule has 0 atom stereocenters. The van der Waals surface area contributed by atoms with Crippen molar-refractivity contribution < 1.29 is 0 Å². The molecule has 0 fully saturated rings. The molecule has 31 heavy (non-hydrogen) atoms. The number of hydrogen-bond donors (Lipinski definition) is 1. The third kappa shape index (κ3) is 3.93. The van der Waals surface area contributed by atoms with Crippen molar-refractivity contribution in [1.29, 1.82) is 0 Å². The fourth-order valence-electron chi connectivity index (χ4n) is 3.62. The Labute approximate surface area is 186 Å². The number of benzene rings is 2. The fourth-order valence-corrected chi connectivity index (χ4v) is 4.47. The number of hydrogen-bond acceptors (Lipinski definition) is 3. The molecule has 0 saturated heterocycles. The van der Waals surface area contributed by atoms with Crippen molar-refractivity contribution in [2.45, 2.75) is 26.3 Å². The maximum absolute atomic E-state index is 5.01. The average Bonchev–Trinajstić information content (AvgIpc) is 3.37. The van der Waals surface area contributed by atoms with Crippen LogP contribution in [0.5, 0.6) is 0 Å². The predicted octanol–water partition coefficient (Wildman–Crippen LogP) is 6.83. The van der Waals surface area contributed by atoms with E-state index >= 15 is 0 Å². The summed E-state index contributed by atoms with van der Waals surface area (Å²) in [5.74, 6) is 7.56. The van der Waals surface area contributed by atoms with E-state index in [9.17, 15) is 0 Å². The van der Waals surface area contributed by atoms with E-state index in [1.54, 1.807) is 11.3 Å². The van der Waals surface area contributed by atoms with Gasteiger partial charge in [-0.05, 0) is 68.6 Å². The number of pyridine rings is 1. The highest BCUT2D eigenvalue weighted by Gasteiger charge is 2.21. The van der Waals surface area contributed by atoms with Gasteiger partial charge in [-0.25, -0.2) is 4.98 Å². The summed E-state index contributed by atoms with van der Waals surface area (Å²) in [6.45, 7) is 6.52. The SMILES string of the molecule is CC(C)(C)Nc1c(-c2ccc(C#Cc3ccccc3)s2)nc2ccc3ccccc3n12. The van der Waals surface area contributed by atoms with E-state index in [2.05, 4.69) is 90.9 Å². The maximum Gasteiger partial charge on any atom is 0.140 e. The molecular weight excluding hydrogens is 398 g/mol. The third-order valence-corrected chi connectivity index (χ3v) is 5.94. The summed E-state index contributed by atoms with van der Waals surface area (Å²) in [7, 11) is 0. The fraction of sp³-hybridized carbons (Fsp3) is 0.148. The average molecular weight is 422 g/mol. The number of para-hydroxylation sites is 1. The zero-order valence-electron chi connectivity index (χ0n) is 17.8. The van der Waals surface area contributed by atoms with Gasteiger partial charge in [-0.1, -0.05) is 48.2 Å².